The Labute approximate surface area is 107 Å². The zero-order valence-corrected chi connectivity index (χ0v) is 12.3. The van der Waals surface area contributed by atoms with E-state index in [9.17, 15) is 0 Å². The Morgan fingerprint density at radius 1 is 1.18 bits per heavy atom. The van der Waals surface area contributed by atoms with Crippen LogP contribution in [0.2, 0.25) is 19.1 Å². The predicted octanol–water partition coefficient (Wildman–Crippen LogP) is 4.12. The van der Waals surface area contributed by atoms with Crippen molar-refractivity contribution in [2.75, 3.05) is 18.5 Å². The van der Waals surface area contributed by atoms with Crippen molar-refractivity contribution in [2.45, 2.75) is 38.9 Å². The Bertz CT molecular complexity index is 300. The summed E-state index contributed by atoms with van der Waals surface area (Å²) in [4.78, 5) is 0. The molecule has 2 nitrogen and oxygen atoms in total. The maximum Gasteiger partial charge on any atom is 0.186 e. The van der Waals surface area contributed by atoms with E-state index in [4.69, 9.17) is 4.43 Å². The highest BCUT2D eigenvalue weighted by atomic mass is 28.4. The summed E-state index contributed by atoms with van der Waals surface area (Å²) in [5, 5.41) is 3.44. The SMILES string of the molecule is CCCO[Si](C)(C)CCCNc1ccccc1. The molecule has 17 heavy (non-hydrogen) atoms. The van der Waals surface area contributed by atoms with Crippen molar-refractivity contribution in [1.29, 1.82) is 0 Å². The van der Waals surface area contributed by atoms with E-state index in [0.29, 0.717) is 0 Å². The second-order valence-corrected chi connectivity index (χ2v) is 9.31. The Morgan fingerprint density at radius 2 is 1.88 bits per heavy atom. The van der Waals surface area contributed by atoms with Gasteiger partial charge in [0.2, 0.25) is 0 Å². The number of nitrogens with one attached hydrogen (secondary N) is 1. The first-order valence-electron chi connectivity index (χ1n) is 6.57. The van der Waals surface area contributed by atoms with Crippen LogP contribution < -0.4 is 5.32 Å². The van der Waals surface area contributed by atoms with Crippen LogP contribution in [0.1, 0.15) is 19.8 Å². The third-order valence-corrected chi connectivity index (χ3v) is 5.30. The Kier molecular flexibility index (Phi) is 6.30. The van der Waals surface area contributed by atoms with Crippen LogP contribution >= 0.6 is 0 Å². The molecule has 0 saturated carbocycles. The van der Waals surface area contributed by atoms with E-state index in [2.05, 4.69) is 49.6 Å². The van der Waals surface area contributed by atoms with Crippen LogP contribution in [0.4, 0.5) is 5.69 Å². The highest BCUT2D eigenvalue weighted by molar-refractivity contribution is 6.71. The van der Waals surface area contributed by atoms with Gasteiger partial charge in [0.25, 0.3) is 0 Å². The largest absolute Gasteiger partial charge is 0.417 e. The summed E-state index contributed by atoms with van der Waals surface area (Å²) in [6.45, 7) is 8.75. The fourth-order valence-electron chi connectivity index (χ4n) is 1.75. The average Bonchev–Trinajstić information content (AvgIpc) is 2.34. The van der Waals surface area contributed by atoms with E-state index in [1.807, 2.05) is 6.07 Å². The molecule has 1 N–H and O–H groups in total. The molecule has 0 aliphatic heterocycles. The van der Waals surface area contributed by atoms with Crippen LogP contribution in [0.25, 0.3) is 0 Å². The van der Waals surface area contributed by atoms with E-state index in [1.165, 1.54) is 18.2 Å². The highest BCUT2D eigenvalue weighted by Crippen LogP contribution is 2.14. The number of benzene rings is 1. The van der Waals surface area contributed by atoms with E-state index >= 15 is 0 Å². The van der Waals surface area contributed by atoms with Crippen molar-refractivity contribution >= 4 is 14.0 Å². The number of para-hydroxylation sites is 1. The van der Waals surface area contributed by atoms with Gasteiger partial charge in [0.15, 0.2) is 8.32 Å². The van der Waals surface area contributed by atoms with Gasteiger partial charge in [-0.25, -0.2) is 0 Å². The van der Waals surface area contributed by atoms with Crippen LogP contribution in [0, 0.1) is 0 Å². The molecule has 0 atom stereocenters. The van der Waals surface area contributed by atoms with Crippen molar-refractivity contribution in [3.8, 4) is 0 Å². The van der Waals surface area contributed by atoms with E-state index in [0.717, 1.165) is 19.6 Å². The van der Waals surface area contributed by atoms with Crippen LogP contribution in [0.3, 0.4) is 0 Å². The smallest absolute Gasteiger partial charge is 0.186 e. The lowest BCUT2D eigenvalue weighted by molar-refractivity contribution is 0.306. The van der Waals surface area contributed by atoms with Gasteiger partial charge in [-0.1, -0.05) is 25.1 Å². The van der Waals surface area contributed by atoms with Gasteiger partial charge in [0, 0.05) is 18.8 Å². The van der Waals surface area contributed by atoms with Gasteiger partial charge in [-0.2, -0.15) is 0 Å². The van der Waals surface area contributed by atoms with Gasteiger partial charge in [-0.05, 0) is 44.1 Å². The topological polar surface area (TPSA) is 21.3 Å². The normalized spacial score (nSPS) is 11.5. The van der Waals surface area contributed by atoms with Crippen molar-refractivity contribution in [3.05, 3.63) is 30.3 Å². The highest BCUT2D eigenvalue weighted by Gasteiger charge is 2.20. The van der Waals surface area contributed by atoms with E-state index < -0.39 is 8.32 Å². The number of anilines is 1. The molecule has 0 radical (unpaired) electrons. The number of rotatable bonds is 8. The molecule has 0 aromatic heterocycles. The van der Waals surface area contributed by atoms with Crippen molar-refractivity contribution in [3.63, 3.8) is 0 Å². The first-order valence-corrected chi connectivity index (χ1v) is 9.68. The summed E-state index contributed by atoms with van der Waals surface area (Å²) in [6.07, 6.45) is 2.32. The van der Waals surface area contributed by atoms with Crippen molar-refractivity contribution in [1.82, 2.24) is 0 Å². The molecule has 0 unspecified atom stereocenters. The molecule has 1 aromatic carbocycles. The molecular formula is C14H25NOSi. The lowest BCUT2D eigenvalue weighted by Crippen LogP contribution is -2.31. The summed E-state index contributed by atoms with van der Waals surface area (Å²) in [5.74, 6) is 0. The molecule has 0 saturated heterocycles. The summed E-state index contributed by atoms with van der Waals surface area (Å²) < 4.78 is 5.94. The molecule has 1 aromatic rings. The molecule has 96 valence electrons. The van der Waals surface area contributed by atoms with Crippen LogP contribution in [0.5, 0.6) is 0 Å². The summed E-state index contributed by atoms with van der Waals surface area (Å²) in [6, 6.07) is 11.6. The molecule has 3 heteroatoms. The van der Waals surface area contributed by atoms with Gasteiger partial charge in [-0.15, -0.1) is 0 Å². The molecule has 0 bridgehead atoms. The fourth-order valence-corrected chi connectivity index (χ4v) is 3.68. The predicted molar refractivity (Wildman–Crippen MR) is 78.1 cm³/mol. The van der Waals surface area contributed by atoms with Crippen molar-refractivity contribution in [2.24, 2.45) is 0 Å². The third-order valence-electron chi connectivity index (χ3n) is 2.76. The van der Waals surface area contributed by atoms with Gasteiger partial charge >= 0.3 is 0 Å². The van der Waals surface area contributed by atoms with Crippen molar-refractivity contribution < 1.29 is 4.43 Å². The number of hydrogen-bond donors (Lipinski definition) is 1. The summed E-state index contributed by atoms with van der Waals surface area (Å²) in [5.41, 5.74) is 1.21. The average molecular weight is 251 g/mol. The number of hydrogen-bond acceptors (Lipinski definition) is 2. The second kappa shape index (κ2) is 7.51. The quantitative estimate of drug-likeness (QED) is 0.554. The van der Waals surface area contributed by atoms with E-state index in [-0.39, 0.29) is 0 Å². The lowest BCUT2D eigenvalue weighted by Gasteiger charge is -2.22. The molecular weight excluding hydrogens is 226 g/mol. The van der Waals surface area contributed by atoms with E-state index in [1.54, 1.807) is 0 Å². The maximum atomic E-state index is 5.94. The van der Waals surface area contributed by atoms with Crippen LogP contribution in [-0.2, 0) is 4.43 Å². The molecule has 0 aliphatic carbocycles. The molecule has 0 aliphatic rings. The first-order chi connectivity index (χ1) is 8.14. The Balaban J connectivity index is 2.15. The summed E-state index contributed by atoms with van der Waals surface area (Å²) in [7, 11) is -1.40. The van der Waals surface area contributed by atoms with Gasteiger partial charge < -0.3 is 9.74 Å². The minimum Gasteiger partial charge on any atom is -0.417 e. The zero-order chi connectivity index (χ0) is 12.6. The van der Waals surface area contributed by atoms with Crippen LogP contribution in [-0.4, -0.2) is 21.5 Å². The standard InChI is InChI=1S/C14H25NOSi/c1-4-12-16-17(2,3)13-8-11-15-14-9-6-5-7-10-14/h5-7,9-10,15H,4,8,11-13H2,1-3H3. The minimum absolute atomic E-state index is 0.922. The van der Waals surface area contributed by atoms with Gasteiger partial charge in [0.05, 0.1) is 0 Å². The molecule has 0 amide bonds. The van der Waals surface area contributed by atoms with Gasteiger partial charge in [0.1, 0.15) is 0 Å². The minimum atomic E-state index is -1.40. The monoisotopic (exact) mass is 251 g/mol. The maximum absolute atomic E-state index is 5.94. The van der Waals surface area contributed by atoms with Crippen LogP contribution in [0.15, 0.2) is 30.3 Å². The summed E-state index contributed by atoms with van der Waals surface area (Å²) >= 11 is 0. The van der Waals surface area contributed by atoms with Gasteiger partial charge in [-0.3, -0.25) is 0 Å². The Hall–Kier alpha value is -0.803. The Morgan fingerprint density at radius 3 is 2.53 bits per heavy atom. The lowest BCUT2D eigenvalue weighted by atomic mass is 10.3. The zero-order valence-electron chi connectivity index (χ0n) is 11.3. The molecule has 0 spiro atoms. The molecule has 0 heterocycles. The third kappa shape index (κ3) is 6.49. The fraction of sp³-hybridized carbons (Fsp3) is 0.571. The molecule has 0 fully saturated rings. The molecule has 1 rings (SSSR count). The first kappa shape index (κ1) is 14.3. The second-order valence-electron chi connectivity index (χ2n) is 5.00.